The van der Waals surface area contributed by atoms with Crippen molar-refractivity contribution in [2.45, 2.75) is 32.2 Å². The second-order valence-electron chi connectivity index (χ2n) is 7.28. The van der Waals surface area contributed by atoms with Crippen LogP contribution < -0.4 is 4.74 Å². The van der Waals surface area contributed by atoms with Crippen LogP contribution >= 0.6 is 0 Å². The molecule has 1 aliphatic rings. The standard InChI is InChI=1S/C23H25NO6/c1-3-17(11-16-9-10-20(29-2)19(13-16)22(26)27)21(25)24-18(14-30-23(24)28)12-15-7-5-4-6-8-15/h4-10,13,17-18H,3,11-12,14H2,1-2H3,(H,26,27)/t17-,18-/m1/s1. The molecule has 0 radical (unpaired) electrons. The maximum absolute atomic E-state index is 13.2. The van der Waals surface area contributed by atoms with E-state index < -0.39 is 18.0 Å². The Morgan fingerprint density at radius 2 is 1.93 bits per heavy atom. The number of nitrogens with zero attached hydrogens (tertiary/aromatic N) is 1. The van der Waals surface area contributed by atoms with E-state index in [1.807, 2.05) is 37.3 Å². The zero-order valence-electron chi connectivity index (χ0n) is 17.0. The molecular formula is C23H25NO6. The smallest absolute Gasteiger partial charge is 0.416 e. The maximum Gasteiger partial charge on any atom is 0.416 e. The molecule has 1 fully saturated rings. The number of carboxylic acid groups (broad SMARTS) is 1. The van der Waals surface area contributed by atoms with Crippen LogP contribution in [0.4, 0.5) is 4.79 Å². The van der Waals surface area contributed by atoms with Crippen LogP contribution in [-0.2, 0) is 22.4 Å². The van der Waals surface area contributed by atoms with Gasteiger partial charge in [-0.1, -0.05) is 43.3 Å². The van der Waals surface area contributed by atoms with Gasteiger partial charge < -0.3 is 14.6 Å². The highest BCUT2D eigenvalue weighted by molar-refractivity contribution is 5.95. The summed E-state index contributed by atoms with van der Waals surface area (Å²) in [7, 11) is 1.41. The van der Waals surface area contributed by atoms with Gasteiger partial charge in [-0.2, -0.15) is 0 Å². The van der Waals surface area contributed by atoms with E-state index in [1.54, 1.807) is 12.1 Å². The van der Waals surface area contributed by atoms with E-state index >= 15 is 0 Å². The lowest BCUT2D eigenvalue weighted by Crippen LogP contribution is -2.44. The van der Waals surface area contributed by atoms with Gasteiger partial charge in [-0.25, -0.2) is 14.5 Å². The first-order valence-electron chi connectivity index (χ1n) is 9.88. The molecule has 1 saturated heterocycles. The minimum atomic E-state index is -1.10. The fraction of sp³-hybridized carbons (Fsp3) is 0.348. The highest BCUT2D eigenvalue weighted by Gasteiger charge is 2.40. The van der Waals surface area contributed by atoms with E-state index in [2.05, 4.69) is 0 Å². The van der Waals surface area contributed by atoms with E-state index in [1.165, 1.54) is 18.1 Å². The quantitative estimate of drug-likeness (QED) is 0.714. The van der Waals surface area contributed by atoms with Gasteiger partial charge in [0.2, 0.25) is 5.91 Å². The Kier molecular flexibility index (Phi) is 6.72. The van der Waals surface area contributed by atoms with Crippen molar-refractivity contribution in [3.8, 4) is 5.75 Å². The number of benzene rings is 2. The summed E-state index contributed by atoms with van der Waals surface area (Å²) < 4.78 is 10.3. The lowest BCUT2D eigenvalue weighted by atomic mass is 9.93. The number of hydrogen-bond donors (Lipinski definition) is 1. The number of amides is 2. The zero-order valence-corrected chi connectivity index (χ0v) is 17.0. The van der Waals surface area contributed by atoms with Crippen molar-refractivity contribution in [1.82, 2.24) is 4.90 Å². The summed E-state index contributed by atoms with van der Waals surface area (Å²) in [4.78, 5) is 38.2. The average Bonchev–Trinajstić information content (AvgIpc) is 3.11. The number of methoxy groups -OCH3 is 1. The Bertz CT molecular complexity index is 927. The topological polar surface area (TPSA) is 93.1 Å². The van der Waals surface area contributed by atoms with Gasteiger partial charge in [0.25, 0.3) is 0 Å². The minimum Gasteiger partial charge on any atom is -0.496 e. The molecule has 1 heterocycles. The third-order valence-corrected chi connectivity index (χ3v) is 5.33. The van der Waals surface area contributed by atoms with Crippen LogP contribution in [0.3, 0.4) is 0 Å². The van der Waals surface area contributed by atoms with Crippen molar-refractivity contribution >= 4 is 18.0 Å². The number of aromatic carboxylic acids is 1. The SMILES string of the molecule is CC[C@H](Cc1ccc(OC)c(C(=O)O)c1)C(=O)N1C(=O)OC[C@H]1Cc1ccccc1. The minimum absolute atomic E-state index is 0.0415. The van der Waals surface area contributed by atoms with E-state index in [9.17, 15) is 19.5 Å². The average molecular weight is 411 g/mol. The number of carbonyl (C=O) groups is 3. The number of cyclic esters (lactones) is 1. The number of carbonyl (C=O) groups excluding carboxylic acids is 2. The predicted octanol–water partition coefficient (Wildman–Crippen LogP) is 3.55. The van der Waals surface area contributed by atoms with Gasteiger partial charge in [0.05, 0.1) is 13.2 Å². The summed E-state index contributed by atoms with van der Waals surface area (Å²) >= 11 is 0. The fourth-order valence-corrected chi connectivity index (χ4v) is 3.70. The molecular weight excluding hydrogens is 386 g/mol. The summed E-state index contributed by atoms with van der Waals surface area (Å²) in [6.07, 6.45) is 0.733. The molecule has 0 spiro atoms. The van der Waals surface area contributed by atoms with Crippen LogP contribution in [0.1, 0.15) is 34.8 Å². The van der Waals surface area contributed by atoms with Crippen LogP contribution in [0, 0.1) is 5.92 Å². The number of rotatable bonds is 8. The highest BCUT2D eigenvalue weighted by Crippen LogP contribution is 2.26. The van der Waals surface area contributed by atoms with Crippen molar-refractivity contribution < 1.29 is 29.0 Å². The Hall–Kier alpha value is -3.35. The largest absolute Gasteiger partial charge is 0.496 e. The summed E-state index contributed by atoms with van der Waals surface area (Å²) in [5.74, 6) is -1.60. The van der Waals surface area contributed by atoms with Gasteiger partial charge in [-0.3, -0.25) is 4.79 Å². The Morgan fingerprint density at radius 1 is 1.20 bits per heavy atom. The van der Waals surface area contributed by atoms with Gasteiger partial charge in [0.1, 0.15) is 17.9 Å². The molecule has 2 atom stereocenters. The summed E-state index contributed by atoms with van der Waals surface area (Å²) in [6.45, 7) is 2.04. The first kappa shape index (κ1) is 21.4. The molecule has 0 aromatic heterocycles. The van der Waals surface area contributed by atoms with Gasteiger partial charge in [-0.05, 0) is 42.5 Å². The van der Waals surface area contributed by atoms with Crippen molar-refractivity contribution in [3.05, 3.63) is 65.2 Å². The Labute approximate surface area is 175 Å². The zero-order chi connectivity index (χ0) is 21.7. The molecule has 2 amide bonds. The molecule has 0 unspecified atom stereocenters. The molecule has 2 aromatic carbocycles. The van der Waals surface area contributed by atoms with Crippen molar-refractivity contribution in [3.63, 3.8) is 0 Å². The van der Waals surface area contributed by atoms with Crippen LogP contribution in [-0.4, -0.2) is 47.7 Å². The predicted molar refractivity (Wildman–Crippen MR) is 110 cm³/mol. The van der Waals surface area contributed by atoms with E-state index in [0.717, 1.165) is 5.56 Å². The molecule has 2 aromatic rings. The molecule has 0 saturated carbocycles. The normalized spacial score (nSPS) is 16.8. The monoisotopic (exact) mass is 411 g/mol. The lowest BCUT2D eigenvalue weighted by molar-refractivity contribution is -0.133. The first-order valence-corrected chi connectivity index (χ1v) is 9.88. The highest BCUT2D eigenvalue weighted by atomic mass is 16.6. The van der Waals surface area contributed by atoms with Gasteiger partial charge in [0.15, 0.2) is 0 Å². The number of hydrogen-bond acceptors (Lipinski definition) is 5. The van der Waals surface area contributed by atoms with E-state index in [0.29, 0.717) is 24.8 Å². The van der Waals surface area contributed by atoms with Gasteiger partial charge in [-0.15, -0.1) is 0 Å². The first-order chi connectivity index (χ1) is 14.4. The molecule has 30 heavy (non-hydrogen) atoms. The second kappa shape index (κ2) is 9.43. The third-order valence-electron chi connectivity index (χ3n) is 5.33. The van der Waals surface area contributed by atoms with E-state index in [4.69, 9.17) is 9.47 Å². The van der Waals surface area contributed by atoms with Crippen molar-refractivity contribution in [2.24, 2.45) is 5.92 Å². The van der Waals surface area contributed by atoms with E-state index in [-0.39, 0.29) is 29.9 Å². The molecule has 158 valence electrons. The Balaban J connectivity index is 1.78. The maximum atomic E-state index is 13.2. The molecule has 7 nitrogen and oxygen atoms in total. The van der Waals surface area contributed by atoms with Crippen LogP contribution in [0.5, 0.6) is 5.75 Å². The molecule has 0 aliphatic carbocycles. The lowest BCUT2D eigenvalue weighted by Gasteiger charge is -2.24. The second-order valence-corrected chi connectivity index (χ2v) is 7.28. The number of ether oxygens (including phenoxy) is 2. The summed E-state index contributed by atoms with van der Waals surface area (Å²) in [5, 5.41) is 9.39. The molecule has 1 aliphatic heterocycles. The molecule has 0 bridgehead atoms. The van der Waals surface area contributed by atoms with Gasteiger partial charge in [0, 0.05) is 5.92 Å². The summed E-state index contributed by atoms with van der Waals surface area (Å²) in [6, 6.07) is 14.1. The van der Waals surface area contributed by atoms with Crippen molar-refractivity contribution in [1.29, 1.82) is 0 Å². The molecule has 1 N–H and O–H groups in total. The van der Waals surface area contributed by atoms with Crippen LogP contribution in [0.25, 0.3) is 0 Å². The van der Waals surface area contributed by atoms with Crippen LogP contribution in [0.2, 0.25) is 0 Å². The molecule has 3 rings (SSSR count). The summed E-state index contributed by atoms with van der Waals surface area (Å²) in [5.41, 5.74) is 1.76. The van der Waals surface area contributed by atoms with Crippen LogP contribution in [0.15, 0.2) is 48.5 Å². The van der Waals surface area contributed by atoms with Gasteiger partial charge >= 0.3 is 12.1 Å². The van der Waals surface area contributed by atoms with Crippen molar-refractivity contribution in [2.75, 3.05) is 13.7 Å². The number of imide groups is 1. The fourth-order valence-electron chi connectivity index (χ4n) is 3.70. The molecule has 7 heteroatoms. The third kappa shape index (κ3) is 4.62. The number of carboxylic acids is 1. The Morgan fingerprint density at radius 3 is 2.57 bits per heavy atom.